The number of nitrogens with zero attached hydrogens (tertiary/aromatic N) is 2. The molecule has 6 N–H and O–H groups in total. The molecule has 1 aliphatic rings. The number of carbonyl (C=O) groups excluding carboxylic acids is 3. The van der Waals surface area contributed by atoms with E-state index in [2.05, 4.69) is 14.7 Å². The van der Waals surface area contributed by atoms with Crippen molar-refractivity contribution in [2.24, 2.45) is 5.73 Å². The summed E-state index contributed by atoms with van der Waals surface area (Å²) in [6.07, 6.45) is 1.71. The van der Waals surface area contributed by atoms with Crippen molar-refractivity contribution in [3.05, 3.63) is 64.8 Å². The van der Waals surface area contributed by atoms with E-state index in [4.69, 9.17) is 20.9 Å². The Labute approximate surface area is 228 Å². The van der Waals surface area contributed by atoms with E-state index in [1.54, 1.807) is 24.4 Å². The molecule has 12 heteroatoms. The van der Waals surface area contributed by atoms with Gasteiger partial charge < -0.3 is 31.2 Å². The summed E-state index contributed by atoms with van der Waals surface area (Å²) in [6, 6.07) is 11.3. The molecule has 1 aliphatic heterocycles. The van der Waals surface area contributed by atoms with Crippen LogP contribution in [0.4, 0.5) is 11.4 Å². The maximum absolute atomic E-state index is 14.3. The Bertz CT molecular complexity index is 1590. The van der Waals surface area contributed by atoms with Gasteiger partial charge >= 0.3 is 0 Å². The molecular formula is C27H28N6O5S. The van der Waals surface area contributed by atoms with Crippen LogP contribution in [0.25, 0.3) is 10.9 Å². The normalized spacial score (nSPS) is 13.6. The molecule has 1 atom stereocenters. The van der Waals surface area contributed by atoms with Crippen LogP contribution < -0.4 is 31.2 Å². The summed E-state index contributed by atoms with van der Waals surface area (Å²) in [5.74, 6) is -0.955. The number of H-pyrrole nitrogens is 1. The number of rotatable bonds is 6. The molecule has 3 amide bonds. The highest BCUT2D eigenvalue weighted by Gasteiger charge is 2.38. The molecule has 0 bridgehead atoms. The van der Waals surface area contributed by atoms with Crippen LogP contribution in [0.2, 0.25) is 0 Å². The largest absolute Gasteiger partial charge is 0.486 e. The average molecular weight is 549 g/mol. The molecule has 0 unspecified atom stereocenters. The molecular weight excluding hydrogens is 520 g/mol. The van der Waals surface area contributed by atoms with Crippen molar-refractivity contribution < 1.29 is 23.9 Å². The zero-order valence-electron chi connectivity index (χ0n) is 21.6. The van der Waals surface area contributed by atoms with Gasteiger partial charge in [0.15, 0.2) is 17.2 Å². The number of anilines is 2. The van der Waals surface area contributed by atoms with Gasteiger partial charge in [0.2, 0.25) is 5.91 Å². The molecule has 2 aromatic heterocycles. The molecule has 0 fully saturated rings. The summed E-state index contributed by atoms with van der Waals surface area (Å²) >= 11 is 0.745. The lowest BCUT2D eigenvalue weighted by Crippen LogP contribution is -2.49. The second-order valence-electron chi connectivity index (χ2n) is 10.1. The van der Waals surface area contributed by atoms with Gasteiger partial charge in [-0.3, -0.25) is 19.3 Å². The van der Waals surface area contributed by atoms with Gasteiger partial charge in [-0.15, -0.1) is 0 Å². The third-order valence-corrected chi connectivity index (χ3v) is 6.95. The number of carbonyl (C=O) groups is 3. The standard InChI is InChI=1S/C27H28N6O5S/c1-27(2,3)31-25(35)22(16-13-30-17-7-5-4-6-15(16)17)33(14-8-9-18-19(12-14)38-11-10-37-18)26(36)23-20(28)21(24(29)34)32-39-23/h4-9,12-13,22,30H,10-11,28H2,1-3H3,(H2,29,34)(H,31,35)/t22-/m0/s1. The highest BCUT2D eigenvalue weighted by atomic mass is 32.1. The molecule has 39 heavy (non-hydrogen) atoms. The van der Waals surface area contributed by atoms with Crippen molar-refractivity contribution >= 4 is 51.5 Å². The topological polar surface area (TPSA) is 166 Å². The zero-order valence-corrected chi connectivity index (χ0v) is 22.4. The molecule has 0 spiro atoms. The summed E-state index contributed by atoms with van der Waals surface area (Å²) in [6.45, 7) is 6.30. The minimum absolute atomic E-state index is 0.0212. The number of nitrogens with one attached hydrogen (secondary N) is 2. The third-order valence-electron chi connectivity index (χ3n) is 6.10. The van der Waals surface area contributed by atoms with E-state index in [1.165, 1.54) is 4.90 Å². The lowest BCUT2D eigenvalue weighted by atomic mass is 9.99. The minimum Gasteiger partial charge on any atom is -0.486 e. The summed E-state index contributed by atoms with van der Waals surface area (Å²) in [5.41, 5.74) is 12.3. The maximum Gasteiger partial charge on any atom is 0.273 e. The van der Waals surface area contributed by atoms with Crippen molar-refractivity contribution in [3.63, 3.8) is 0 Å². The fourth-order valence-electron chi connectivity index (χ4n) is 4.46. The highest BCUT2D eigenvalue weighted by molar-refractivity contribution is 7.09. The van der Waals surface area contributed by atoms with E-state index in [-0.39, 0.29) is 16.3 Å². The van der Waals surface area contributed by atoms with Gasteiger partial charge in [-0.2, -0.15) is 4.37 Å². The predicted molar refractivity (Wildman–Crippen MR) is 148 cm³/mol. The van der Waals surface area contributed by atoms with Crippen LogP contribution in [0.15, 0.2) is 48.7 Å². The second kappa shape index (κ2) is 9.95. The Morgan fingerprint density at radius 2 is 1.82 bits per heavy atom. The van der Waals surface area contributed by atoms with E-state index >= 15 is 0 Å². The number of aromatic amines is 1. The fraction of sp³-hybridized carbons (Fsp3) is 0.259. The Morgan fingerprint density at radius 1 is 1.10 bits per heavy atom. The summed E-state index contributed by atoms with van der Waals surface area (Å²) in [4.78, 5) is 44.7. The molecule has 0 saturated heterocycles. The number of fused-ring (bicyclic) bond motifs is 2. The van der Waals surface area contributed by atoms with Crippen molar-refractivity contribution in [1.82, 2.24) is 14.7 Å². The SMILES string of the molecule is CC(C)(C)NC(=O)[C@H](c1c[nH]c2ccccc12)N(C(=O)c1snc(C(N)=O)c1N)c1ccc2c(c1)OCCO2. The minimum atomic E-state index is -1.14. The van der Waals surface area contributed by atoms with Crippen LogP contribution in [0.5, 0.6) is 11.5 Å². The first-order chi connectivity index (χ1) is 18.5. The van der Waals surface area contributed by atoms with Gasteiger partial charge in [0.1, 0.15) is 24.1 Å². The number of amides is 3. The summed E-state index contributed by atoms with van der Waals surface area (Å²) in [7, 11) is 0. The number of primary amides is 1. The number of para-hydroxylation sites is 1. The third kappa shape index (κ3) is 4.98. The highest BCUT2D eigenvalue weighted by Crippen LogP contribution is 2.40. The van der Waals surface area contributed by atoms with E-state index in [9.17, 15) is 14.4 Å². The van der Waals surface area contributed by atoms with Crippen LogP contribution in [0.3, 0.4) is 0 Å². The first-order valence-corrected chi connectivity index (χ1v) is 13.0. The molecule has 0 saturated carbocycles. The summed E-state index contributed by atoms with van der Waals surface area (Å²) in [5, 5.41) is 3.77. The number of hydrogen-bond donors (Lipinski definition) is 4. The first-order valence-electron chi connectivity index (χ1n) is 12.2. The number of aromatic nitrogens is 2. The van der Waals surface area contributed by atoms with Crippen LogP contribution >= 0.6 is 11.5 Å². The van der Waals surface area contributed by atoms with E-state index in [0.29, 0.717) is 36.0 Å². The lowest BCUT2D eigenvalue weighted by Gasteiger charge is -2.34. The van der Waals surface area contributed by atoms with Gasteiger partial charge in [0.05, 0.1) is 5.69 Å². The summed E-state index contributed by atoms with van der Waals surface area (Å²) < 4.78 is 15.4. The molecule has 11 nitrogen and oxygen atoms in total. The Morgan fingerprint density at radius 3 is 2.51 bits per heavy atom. The zero-order chi connectivity index (χ0) is 27.9. The Hall–Kier alpha value is -4.58. The lowest BCUT2D eigenvalue weighted by molar-refractivity contribution is -0.123. The molecule has 5 rings (SSSR count). The maximum atomic E-state index is 14.3. The van der Waals surface area contributed by atoms with Crippen LogP contribution in [0, 0.1) is 0 Å². The molecule has 202 valence electrons. The van der Waals surface area contributed by atoms with Crippen molar-refractivity contribution in [2.45, 2.75) is 32.4 Å². The van der Waals surface area contributed by atoms with Crippen molar-refractivity contribution in [1.29, 1.82) is 0 Å². The van der Waals surface area contributed by atoms with Gasteiger partial charge in [-0.25, -0.2) is 0 Å². The monoisotopic (exact) mass is 548 g/mol. The number of nitrogen functional groups attached to an aromatic ring is 1. The molecule has 2 aromatic carbocycles. The van der Waals surface area contributed by atoms with Gasteiger partial charge in [0, 0.05) is 40.0 Å². The second-order valence-corrected chi connectivity index (χ2v) is 10.8. The van der Waals surface area contributed by atoms with Crippen molar-refractivity contribution in [3.8, 4) is 11.5 Å². The molecule has 0 radical (unpaired) electrons. The van der Waals surface area contributed by atoms with Crippen LogP contribution in [-0.4, -0.2) is 45.8 Å². The number of hydrogen-bond acceptors (Lipinski definition) is 8. The van der Waals surface area contributed by atoms with Crippen LogP contribution in [0.1, 0.15) is 52.5 Å². The van der Waals surface area contributed by atoms with Gasteiger partial charge in [-0.05, 0) is 50.5 Å². The van der Waals surface area contributed by atoms with Crippen molar-refractivity contribution in [2.75, 3.05) is 23.8 Å². The number of nitrogens with two attached hydrogens (primary N) is 2. The molecule has 3 heterocycles. The Kier molecular flexibility index (Phi) is 6.64. The van der Waals surface area contributed by atoms with E-state index < -0.39 is 29.3 Å². The predicted octanol–water partition coefficient (Wildman–Crippen LogP) is 3.38. The number of benzene rings is 2. The molecule has 0 aliphatic carbocycles. The average Bonchev–Trinajstić information content (AvgIpc) is 3.49. The first kappa shape index (κ1) is 26.0. The smallest absolute Gasteiger partial charge is 0.273 e. The number of ether oxygens (including phenoxy) is 2. The van der Waals surface area contributed by atoms with E-state index in [1.807, 2.05) is 45.0 Å². The van der Waals surface area contributed by atoms with Crippen LogP contribution in [-0.2, 0) is 4.79 Å². The molecule has 4 aromatic rings. The van der Waals surface area contributed by atoms with Gasteiger partial charge in [-0.1, -0.05) is 18.2 Å². The van der Waals surface area contributed by atoms with Gasteiger partial charge in [0.25, 0.3) is 11.8 Å². The van der Waals surface area contributed by atoms with E-state index in [0.717, 1.165) is 22.4 Å². The Balaban J connectivity index is 1.74. The quantitative estimate of drug-likeness (QED) is 0.287. The fourth-order valence-corrected chi connectivity index (χ4v) is 5.20.